The first-order valence-electron chi connectivity index (χ1n) is 16.0. The fourth-order valence-electron chi connectivity index (χ4n) is 4.02. The summed E-state index contributed by atoms with van der Waals surface area (Å²) in [7, 11) is 0. The summed E-state index contributed by atoms with van der Waals surface area (Å²) >= 11 is 0. The van der Waals surface area contributed by atoms with Crippen molar-refractivity contribution in [1.29, 1.82) is 0 Å². The molecule has 4 heteroatoms. The molecule has 0 atom stereocenters. The first kappa shape index (κ1) is 42.1. The van der Waals surface area contributed by atoms with Crippen molar-refractivity contribution in [2.45, 2.75) is 160 Å². The average Bonchev–Trinajstić information content (AvgIpc) is 3.64. The van der Waals surface area contributed by atoms with Gasteiger partial charge in [0, 0.05) is 11.4 Å². The van der Waals surface area contributed by atoms with Gasteiger partial charge in [-0.1, -0.05) is 149 Å². The number of nitrogens with one attached hydrogen (secondary N) is 2. The van der Waals surface area contributed by atoms with Crippen molar-refractivity contribution < 1.29 is 0 Å². The molecule has 4 nitrogen and oxygen atoms in total. The molecule has 0 unspecified atom stereocenters. The highest BCUT2D eigenvalue weighted by atomic mass is 15.1. The highest BCUT2D eigenvalue weighted by Gasteiger charge is 2.12. The summed E-state index contributed by atoms with van der Waals surface area (Å²) in [5.41, 5.74) is 8.24. The highest BCUT2D eigenvalue weighted by Crippen LogP contribution is 2.25. The van der Waals surface area contributed by atoms with Crippen molar-refractivity contribution in [2.75, 3.05) is 0 Å². The zero-order valence-corrected chi connectivity index (χ0v) is 29.8. The maximum absolute atomic E-state index is 4.04. The Morgan fingerprint density at radius 3 is 0.825 bits per heavy atom. The van der Waals surface area contributed by atoms with Crippen molar-refractivity contribution in [3.63, 3.8) is 0 Å². The topological polar surface area (TPSA) is 57.4 Å². The van der Waals surface area contributed by atoms with Gasteiger partial charge in [-0.2, -0.15) is 10.2 Å². The fraction of sp³-hybridized carbons (Fsp3) is 0.667. The molecule has 0 amide bonds. The zero-order chi connectivity index (χ0) is 32.0. The van der Waals surface area contributed by atoms with Gasteiger partial charge in [-0.05, 0) is 57.8 Å². The molecule has 0 saturated heterocycles. The van der Waals surface area contributed by atoms with E-state index in [1.54, 1.807) is 0 Å². The maximum atomic E-state index is 4.04. The molecule has 232 valence electrons. The molecule has 3 aromatic rings. The van der Waals surface area contributed by atoms with Crippen molar-refractivity contribution in [2.24, 2.45) is 0 Å². The minimum atomic E-state index is 0.551. The summed E-state index contributed by atoms with van der Waals surface area (Å²) in [6.07, 6.45) is 3.86. The molecule has 2 heterocycles. The number of nitrogens with zero attached hydrogens (tertiary/aromatic N) is 2. The van der Waals surface area contributed by atoms with E-state index in [1.807, 2.05) is 53.9 Å². The monoisotopic (exact) mass is 557 g/mol. The molecule has 2 aromatic heterocycles. The second-order valence-electron chi connectivity index (χ2n) is 11.0. The lowest BCUT2D eigenvalue weighted by molar-refractivity contribution is 0.767. The minimum absolute atomic E-state index is 0.551. The first-order chi connectivity index (χ1) is 18.9. The number of aromatic nitrogens is 4. The van der Waals surface area contributed by atoms with Gasteiger partial charge in [0.15, 0.2) is 0 Å². The van der Waals surface area contributed by atoms with Gasteiger partial charge in [0.2, 0.25) is 0 Å². The van der Waals surface area contributed by atoms with E-state index < -0.39 is 0 Å². The SMILES string of the molecule is CC.CC.CC.CC(C)c1ccccc1C(C)C.CC(C)c1cn[nH]c1C(C)C.CC(C)c1cn[nH]c1C(C)C. The lowest BCUT2D eigenvalue weighted by atomic mass is 9.91. The van der Waals surface area contributed by atoms with Gasteiger partial charge in [-0.3, -0.25) is 10.2 Å². The third-order valence-electron chi connectivity index (χ3n) is 6.04. The van der Waals surface area contributed by atoms with Gasteiger partial charge < -0.3 is 0 Å². The number of H-pyrrole nitrogens is 2. The van der Waals surface area contributed by atoms with E-state index in [4.69, 9.17) is 0 Å². The van der Waals surface area contributed by atoms with Gasteiger partial charge in [0.25, 0.3) is 0 Å². The number of hydrogen-bond acceptors (Lipinski definition) is 2. The number of hydrogen-bond donors (Lipinski definition) is 2. The second kappa shape index (κ2) is 24.4. The second-order valence-corrected chi connectivity index (χ2v) is 11.0. The molecule has 0 fully saturated rings. The van der Waals surface area contributed by atoms with E-state index >= 15 is 0 Å². The van der Waals surface area contributed by atoms with Crippen LogP contribution in [0.25, 0.3) is 0 Å². The van der Waals surface area contributed by atoms with Crippen LogP contribution in [0.1, 0.15) is 194 Å². The lowest BCUT2D eigenvalue weighted by Gasteiger charge is -2.14. The Bertz CT molecular complexity index is 821. The third-order valence-corrected chi connectivity index (χ3v) is 6.04. The number of benzene rings is 1. The molecule has 3 rings (SSSR count). The van der Waals surface area contributed by atoms with E-state index in [0.717, 1.165) is 0 Å². The summed E-state index contributed by atoms with van der Waals surface area (Å²) in [6, 6.07) is 8.72. The molecule has 2 N–H and O–H groups in total. The highest BCUT2D eigenvalue weighted by molar-refractivity contribution is 5.32. The lowest BCUT2D eigenvalue weighted by Crippen LogP contribution is -1.97. The van der Waals surface area contributed by atoms with Crippen LogP contribution in [-0.4, -0.2) is 20.4 Å². The Labute approximate surface area is 250 Å². The van der Waals surface area contributed by atoms with Gasteiger partial charge in [-0.15, -0.1) is 0 Å². The first-order valence-corrected chi connectivity index (χ1v) is 16.0. The quantitative estimate of drug-likeness (QED) is 0.317. The third kappa shape index (κ3) is 15.4. The van der Waals surface area contributed by atoms with Crippen LogP contribution in [0.4, 0.5) is 0 Å². The maximum Gasteiger partial charge on any atom is 0.0524 e. The molecular formula is C36H68N4. The minimum Gasteiger partial charge on any atom is -0.282 e. The fourth-order valence-corrected chi connectivity index (χ4v) is 4.02. The molecule has 0 bridgehead atoms. The van der Waals surface area contributed by atoms with Gasteiger partial charge >= 0.3 is 0 Å². The molecule has 0 radical (unpaired) electrons. The molecule has 40 heavy (non-hydrogen) atoms. The molecule has 0 aliphatic rings. The predicted octanol–water partition coefficient (Wildman–Crippen LogP) is 12.3. The summed E-state index contributed by atoms with van der Waals surface area (Å²) < 4.78 is 0. The number of aromatic amines is 2. The molecule has 0 spiro atoms. The smallest absolute Gasteiger partial charge is 0.0524 e. The summed E-state index contributed by atoms with van der Waals surface area (Å²) in [5, 5.41) is 14.2. The Hall–Kier alpha value is -2.36. The van der Waals surface area contributed by atoms with Crippen LogP contribution >= 0.6 is 0 Å². The van der Waals surface area contributed by atoms with Crippen molar-refractivity contribution in [3.8, 4) is 0 Å². The largest absolute Gasteiger partial charge is 0.282 e. The van der Waals surface area contributed by atoms with Crippen molar-refractivity contribution in [1.82, 2.24) is 20.4 Å². The van der Waals surface area contributed by atoms with Crippen LogP contribution < -0.4 is 0 Å². The standard InChI is InChI=1S/C12H18.2C9H16N2.3C2H6/c1-9(2)11-7-5-6-8-12(11)10(3)4;2*1-6(2)8-5-10-11-9(8)7(3)4;3*1-2/h5-10H,1-4H3;2*5-7H,1-4H3,(H,10,11);3*1-2H3. The summed E-state index contributed by atoms with van der Waals surface area (Å²) in [4.78, 5) is 0. The van der Waals surface area contributed by atoms with Crippen molar-refractivity contribution >= 4 is 0 Å². The Balaban J connectivity index is -0.000000468. The Morgan fingerprint density at radius 2 is 0.650 bits per heavy atom. The Kier molecular flexibility index (Phi) is 25.7. The van der Waals surface area contributed by atoms with Crippen LogP contribution in [0, 0.1) is 0 Å². The van der Waals surface area contributed by atoms with E-state index in [2.05, 4.69) is 128 Å². The molecule has 0 aliphatic heterocycles. The normalized spacial score (nSPS) is 10.1. The molecule has 1 aromatic carbocycles. The van der Waals surface area contributed by atoms with Crippen LogP contribution in [-0.2, 0) is 0 Å². The van der Waals surface area contributed by atoms with E-state index in [1.165, 1.54) is 33.6 Å². The van der Waals surface area contributed by atoms with E-state index in [9.17, 15) is 0 Å². The van der Waals surface area contributed by atoms with Crippen LogP contribution in [0.3, 0.4) is 0 Å². The molecular weight excluding hydrogens is 488 g/mol. The van der Waals surface area contributed by atoms with E-state index in [-0.39, 0.29) is 0 Å². The molecule has 0 saturated carbocycles. The molecule has 0 aliphatic carbocycles. The van der Waals surface area contributed by atoms with E-state index in [0.29, 0.717) is 35.5 Å². The van der Waals surface area contributed by atoms with Crippen LogP contribution in [0.15, 0.2) is 36.7 Å². The van der Waals surface area contributed by atoms with Crippen LogP contribution in [0.5, 0.6) is 0 Å². The predicted molar refractivity (Wildman–Crippen MR) is 182 cm³/mol. The summed E-state index contributed by atoms with van der Waals surface area (Å²) in [5.74, 6) is 3.54. The van der Waals surface area contributed by atoms with Gasteiger partial charge in [0.05, 0.1) is 12.4 Å². The van der Waals surface area contributed by atoms with Crippen molar-refractivity contribution in [3.05, 3.63) is 70.3 Å². The zero-order valence-electron chi connectivity index (χ0n) is 29.8. The Morgan fingerprint density at radius 1 is 0.400 bits per heavy atom. The number of rotatable bonds is 6. The summed E-state index contributed by atoms with van der Waals surface area (Å²) in [6.45, 7) is 38.5. The van der Waals surface area contributed by atoms with Crippen LogP contribution in [0.2, 0.25) is 0 Å². The van der Waals surface area contributed by atoms with Gasteiger partial charge in [0.1, 0.15) is 0 Å². The van der Waals surface area contributed by atoms with Gasteiger partial charge in [-0.25, -0.2) is 0 Å². The average molecular weight is 557 g/mol.